The number of carbonyl (C=O) groups excluding carboxylic acids is 1. The van der Waals surface area contributed by atoms with E-state index in [2.05, 4.69) is 42.3 Å². The van der Waals surface area contributed by atoms with Gasteiger partial charge in [-0.2, -0.15) is 0 Å². The van der Waals surface area contributed by atoms with Crippen LogP contribution in [0.5, 0.6) is 0 Å². The predicted molar refractivity (Wildman–Crippen MR) is 90.5 cm³/mol. The van der Waals surface area contributed by atoms with Crippen LogP contribution in [0.4, 0.5) is 10.5 Å². The molecule has 1 heterocycles. The molecule has 22 heavy (non-hydrogen) atoms. The Morgan fingerprint density at radius 1 is 1.09 bits per heavy atom. The number of piperazine rings is 1. The van der Waals surface area contributed by atoms with Crippen LogP contribution in [-0.4, -0.2) is 43.2 Å². The fourth-order valence-electron chi connectivity index (χ4n) is 3.55. The van der Waals surface area contributed by atoms with Crippen LogP contribution in [0, 0.1) is 13.8 Å². The lowest BCUT2D eigenvalue weighted by molar-refractivity contribution is 0.190. The van der Waals surface area contributed by atoms with Gasteiger partial charge in [0, 0.05) is 37.9 Å². The van der Waals surface area contributed by atoms with Crippen LogP contribution in [0.2, 0.25) is 0 Å². The van der Waals surface area contributed by atoms with Crippen LogP contribution in [0.1, 0.15) is 36.8 Å². The van der Waals surface area contributed by atoms with Crippen molar-refractivity contribution in [3.63, 3.8) is 0 Å². The molecule has 2 amide bonds. The van der Waals surface area contributed by atoms with Gasteiger partial charge >= 0.3 is 6.03 Å². The Balaban J connectivity index is 1.55. The van der Waals surface area contributed by atoms with Crippen molar-refractivity contribution in [2.45, 2.75) is 45.6 Å². The SMILES string of the molecule is Cc1ccc(C)c(N2CCN(C(=O)NC3CCCC3)CC2)c1. The minimum Gasteiger partial charge on any atom is -0.368 e. The number of hydrogen-bond donors (Lipinski definition) is 1. The summed E-state index contributed by atoms with van der Waals surface area (Å²) in [5.74, 6) is 0. The molecular formula is C18H27N3O. The lowest BCUT2D eigenvalue weighted by atomic mass is 10.1. The van der Waals surface area contributed by atoms with Crippen molar-refractivity contribution >= 4 is 11.7 Å². The van der Waals surface area contributed by atoms with Gasteiger partial charge in [-0.3, -0.25) is 0 Å². The minimum atomic E-state index is 0.132. The van der Waals surface area contributed by atoms with Crippen molar-refractivity contribution in [1.82, 2.24) is 10.2 Å². The first kappa shape index (κ1) is 15.2. The second kappa shape index (κ2) is 6.59. The Labute approximate surface area is 133 Å². The predicted octanol–water partition coefficient (Wildman–Crippen LogP) is 3.08. The molecule has 0 bridgehead atoms. The number of benzene rings is 1. The van der Waals surface area contributed by atoms with Gasteiger partial charge in [0.25, 0.3) is 0 Å². The number of hydrogen-bond acceptors (Lipinski definition) is 2. The van der Waals surface area contributed by atoms with Crippen molar-refractivity contribution in [1.29, 1.82) is 0 Å². The quantitative estimate of drug-likeness (QED) is 0.911. The van der Waals surface area contributed by atoms with Crippen molar-refractivity contribution in [2.24, 2.45) is 0 Å². The molecule has 2 fully saturated rings. The molecule has 1 N–H and O–H groups in total. The number of aryl methyl sites for hydroxylation is 2. The van der Waals surface area contributed by atoms with Crippen molar-refractivity contribution in [3.05, 3.63) is 29.3 Å². The third-order valence-electron chi connectivity index (χ3n) is 4.95. The highest BCUT2D eigenvalue weighted by molar-refractivity contribution is 5.75. The van der Waals surface area contributed by atoms with E-state index in [0.29, 0.717) is 6.04 Å². The maximum atomic E-state index is 12.3. The van der Waals surface area contributed by atoms with Crippen LogP contribution >= 0.6 is 0 Å². The average molecular weight is 301 g/mol. The molecule has 0 unspecified atom stereocenters. The highest BCUT2D eigenvalue weighted by Crippen LogP contribution is 2.23. The first-order valence-corrected chi connectivity index (χ1v) is 8.51. The number of carbonyl (C=O) groups is 1. The summed E-state index contributed by atoms with van der Waals surface area (Å²) in [5.41, 5.74) is 3.92. The van der Waals surface area contributed by atoms with E-state index in [1.165, 1.54) is 29.7 Å². The molecule has 1 saturated carbocycles. The summed E-state index contributed by atoms with van der Waals surface area (Å²) in [6, 6.07) is 7.13. The maximum Gasteiger partial charge on any atom is 0.317 e. The molecule has 4 heteroatoms. The second-order valence-corrected chi connectivity index (χ2v) is 6.69. The van der Waals surface area contributed by atoms with E-state index in [1.54, 1.807) is 0 Å². The minimum absolute atomic E-state index is 0.132. The summed E-state index contributed by atoms with van der Waals surface area (Å²) < 4.78 is 0. The number of urea groups is 1. The van der Waals surface area contributed by atoms with Crippen LogP contribution in [-0.2, 0) is 0 Å². The van der Waals surface area contributed by atoms with Gasteiger partial charge in [-0.25, -0.2) is 4.79 Å². The molecule has 1 aromatic carbocycles. The van der Waals surface area contributed by atoms with Crippen LogP contribution in [0.25, 0.3) is 0 Å². The van der Waals surface area contributed by atoms with Crippen LogP contribution < -0.4 is 10.2 Å². The number of nitrogens with zero attached hydrogens (tertiary/aromatic N) is 2. The zero-order valence-electron chi connectivity index (χ0n) is 13.8. The Bertz CT molecular complexity index is 529. The first-order valence-electron chi connectivity index (χ1n) is 8.51. The summed E-state index contributed by atoms with van der Waals surface area (Å²) in [4.78, 5) is 16.7. The first-order chi connectivity index (χ1) is 10.6. The topological polar surface area (TPSA) is 35.6 Å². The zero-order chi connectivity index (χ0) is 15.5. The third-order valence-corrected chi connectivity index (χ3v) is 4.95. The molecule has 0 aromatic heterocycles. The van der Waals surface area contributed by atoms with E-state index in [9.17, 15) is 4.79 Å². The Morgan fingerprint density at radius 3 is 2.45 bits per heavy atom. The van der Waals surface area contributed by atoms with Gasteiger partial charge in [-0.05, 0) is 43.9 Å². The number of anilines is 1. The molecule has 1 aliphatic carbocycles. The smallest absolute Gasteiger partial charge is 0.317 e. The summed E-state index contributed by atoms with van der Waals surface area (Å²) in [5, 5.41) is 3.19. The molecule has 120 valence electrons. The highest BCUT2D eigenvalue weighted by Gasteiger charge is 2.24. The monoisotopic (exact) mass is 301 g/mol. The summed E-state index contributed by atoms with van der Waals surface area (Å²) >= 11 is 0. The van der Waals surface area contributed by atoms with Gasteiger partial charge in [-0.15, -0.1) is 0 Å². The van der Waals surface area contributed by atoms with Crippen molar-refractivity contribution in [3.8, 4) is 0 Å². The Kier molecular flexibility index (Phi) is 4.55. The van der Waals surface area contributed by atoms with Gasteiger partial charge < -0.3 is 15.1 Å². The van der Waals surface area contributed by atoms with E-state index in [0.717, 1.165) is 39.0 Å². The normalized spacial score (nSPS) is 19.5. The summed E-state index contributed by atoms with van der Waals surface area (Å²) in [7, 11) is 0. The van der Waals surface area contributed by atoms with Gasteiger partial charge in [-0.1, -0.05) is 25.0 Å². The van der Waals surface area contributed by atoms with Gasteiger partial charge in [0.05, 0.1) is 0 Å². The molecule has 1 saturated heterocycles. The van der Waals surface area contributed by atoms with Gasteiger partial charge in [0.1, 0.15) is 0 Å². The van der Waals surface area contributed by atoms with Crippen LogP contribution in [0.15, 0.2) is 18.2 Å². The van der Waals surface area contributed by atoms with Crippen molar-refractivity contribution < 1.29 is 4.79 Å². The lowest BCUT2D eigenvalue weighted by Gasteiger charge is -2.37. The molecule has 0 spiro atoms. The Hall–Kier alpha value is -1.71. The molecule has 0 radical (unpaired) electrons. The fourth-order valence-corrected chi connectivity index (χ4v) is 3.55. The van der Waals surface area contributed by atoms with E-state index >= 15 is 0 Å². The second-order valence-electron chi connectivity index (χ2n) is 6.69. The number of nitrogens with one attached hydrogen (secondary N) is 1. The van der Waals surface area contributed by atoms with E-state index in [-0.39, 0.29) is 6.03 Å². The molecule has 3 rings (SSSR count). The highest BCUT2D eigenvalue weighted by atomic mass is 16.2. The third kappa shape index (κ3) is 3.37. The zero-order valence-corrected chi connectivity index (χ0v) is 13.8. The van der Waals surface area contributed by atoms with Crippen molar-refractivity contribution in [2.75, 3.05) is 31.1 Å². The average Bonchev–Trinajstić information content (AvgIpc) is 3.03. The largest absolute Gasteiger partial charge is 0.368 e. The Morgan fingerprint density at radius 2 is 1.77 bits per heavy atom. The summed E-state index contributed by atoms with van der Waals surface area (Å²) in [6.45, 7) is 7.75. The van der Waals surface area contributed by atoms with E-state index < -0.39 is 0 Å². The number of amides is 2. The molecule has 1 aliphatic heterocycles. The lowest BCUT2D eigenvalue weighted by Crippen LogP contribution is -2.53. The summed E-state index contributed by atoms with van der Waals surface area (Å²) in [6.07, 6.45) is 4.80. The fraction of sp³-hybridized carbons (Fsp3) is 0.611. The van der Waals surface area contributed by atoms with Gasteiger partial charge in [0.15, 0.2) is 0 Å². The molecule has 2 aliphatic rings. The molecule has 0 atom stereocenters. The van der Waals surface area contributed by atoms with E-state index in [1.807, 2.05) is 4.90 Å². The number of rotatable bonds is 2. The molecule has 1 aromatic rings. The maximum absolute atomic E-state index is 12.3. The molecule has 4 nitrogen and oxygen atoms in total. The molecular weight excluding hydrogens is 274 g/mol. The van der Waals surface area contributed by atoms with E-state index in [4.69, 9.17) is 0 Å². The van der Waals surface area contributed by atoms with Crippen LogP contribution in [0.3, 0.4) is 0 Å². The standard InChI is InChI=1S/C18H27N3O/c1-14-7-8-15(2)17(13-14)20-9-11-21(12-10-20)18(22)19-16-5-3-4-6-16/h7-8,13,16H,3-6,9-12H2,1-2H3,(H,19,22). The van der Waals surface area contributed by atoms with Gasteiger partial charge in [0.2, 0.25) is 0 Å².